The van der Waals surface area contributed by atoms with Crippen molar-refractivity contribution in [1.29, 1.82) is 0 Å². The molecule has 0 amide bonds. The van der Waals surface area contributed by atoms with E-state index in [4.69, 9.17) is 0 Å². The Labute approximate surface area is 129 Å². The fourth-order valence-corrected chi connectivity index (χ4v) is 2.78. The molecule has 0 spiro atoms. The summed E-state index contributed by atoms with van der Waals surface area (Å²) in [6.07, 6.45) is 17.0. The summed E-state index contributed by atoms with van der Waals surface area (Å²) in [7, 11) is 0. The highest BCUT2D eigenvalue weighted by atomic mass is 14.9. The molecule has 1 nitrogen and oxygen atoms in total. The Morgan fingerprint density at radius 3 is 1.65 bits per heavy atom. The number of nitrogens with one attached hydrogen (secondary N) is 1. The van der Waals surface area contributed by atoms with Crippen molar-refractivity contribution in [3.05, 3.63) is 0 Å². The van der Waals surface area contributed by atoms with Crippen LogP contribution in [0, 0.1) is 5.41 Å². The van der Waals surface area contributed by atoms with Crippen LogP contribution in [0.4, 0.5) is 0 Å². The van der Waals surface area contributed by atoms with Crippen molar-refractivity contribution in [2.24, 2.45) is 5.41 Å². The maximum atomic E-state index is 3.56. The molecule has 122 valence electrons. The van der Waals surface area contributed by atoms with Crippen LogP contribution in [0.25, 0.3) is 0 Å². The van der Waals surface area contributed by atoms with E-state index in [9.17, 15) is 0 Å². The third kappa shape index (κ3) is 14.4. The Kier molecular flexibility index (Phi) is 13.9. The van der Waals surface area contributed by atoms with Gasteiger partial charge in [-0.05, 0) is 24.8 Å². The molecule has 0 aliphatic carbocycles. The van der Waals surface area contributed by atoms with Gasteiger partial charge < -0.3 is 5.32 Å². The first kappa shape index (κ1) is 20.0. The highest BCUT2D eigenvalue weighted by Crippen LogP contribution is 2.23. The first-order valence-corrected chi connectivity index (χ1v) is 9.33. The van der Waals surface area contributed by atoms with Gasteiger partial charge in [-0.25, -0.2) is 0 Å². The van der Waals surface area contributed by atoms with Crippen LogP contribution in [0.15, 0.2) is 0 Å². The molecule has 0 heterocycles. The minimum Gasteiger partial charge on any atom is -0.316 e. The number of rotatable bonds is 15. The summed E-state index contributed by atoms with van der Waals surface area (Å²) in [4.78, 5) is 0. The molecule has 0 aromatic carbocycles. The Balaban J connectivity index is 3.25. The van der Waals surface area contributed by atoms with E-state index < -0.39 is 0 Å². The van der Waals surface area contributed by atoms with Gasteiger partial charge in [-0.1, -0.05) is 91.9 Å². The fraction of sp³-hybridized carbons (Fsp3) is 1.00. The molecule has 0 rings (SSSR count). The second-order valence-corrected chi connectivity index (χ2v) is 7.27. The minimum atomic E-state index is 0.481. The summed E-state index contributed by atoms with van der Waals surface area (Å²) in [5.74, 6) is 0. The first-order valence-electron chi connectivity index (χ1n) is 9.33. The second kappa shape index (κ2) is 13.9. The highest BCUT2D eigenvalue weighted by molar-refractivity contribution is 4.71. The van der Waals surface area contributed by atoms with E-state index in [1.807, 2.05) is 0 Å². The SMILES string of the molecule is CCCCCCCCCCCCC(C)(C)CNCCC. The number of hydrogen-bond acceptors (Lipinski definition) is 1. The Morgan fingerprint density at radius 1 is 0.650 bits per heavy atom. The van der Waals surface area contributed by atoms with Crippen LogP contribution in [-0.4, -0.2) is 13.1 Å². The molecule has 0 bridgehead atoms. The zero-order valence-corrected chi connectivity index (χ0v) is 14.9. The van der Waals surface area contributed by atoms with Gasteiger partial charge in [0.05, 0.1) is 0 Å². The van der Waals surface area contributed by atoms with Crippen molar-refractivity contribution in [2.45, 2.75) is 105 Å². The van der Waals surface area contributed by atoms with Crippen molar-refractivity contribution in [1.82, 2.24) is 5.32 Å². The monoisotopic (exact) mass is 283 g/mol. The predicted molar refractivity (Wildman–Crippen MR) is 93.4 cm³/mol. The van der Waals surface area contributed by atoms with E-state index >= 15 is 0 Å². The third-order valence-electron chi connectivity index (χ3n) is 4.24. The molecule has 0 atom stereocenters. The van der Waals surface area contributed by atoms with E-state index in [0.29, 0.717) is 5.41 Å². The van der Waals surface area contributed by atoms with Crippen LogP contribution in [0.1, 0.15) is 105 Å². The molecule has 1 N–H and O–H groups in total. The average molecular weight is 284 g/mol. The van der Waals surface area contributed by atoms with Crippen LogP contribution in [0.5, 0.6) is 0 Å². The average Bonchev–Trinajstić information content (AvgIpc) is 2.41. The summed E-state index contributed by atoms with van der Waals surface area (Å²) in [6, 6.07) is 0. The van der Waals surface area contributed by atoms with Crippen molar-refractivity contribution in [3.63, 3.8) is 0 Å². The van der Waals surface area contributed by atoms with Crippen LogP contribution >= 0.6 is 0 Å². The molecular formula is C19H41N. The number of unbranched alkanes of at least 4 members (excludes halogenated alkanes) is 9. The van der Waals surface area contributed by atoms with Crippen LogP contribution in [0.3, 0.4) is 0 Å². The highest BCUT2D eigenvalue weighted by Gasteiger charge is 2.16. The summed E-state index contributed by atoms with van der Waals surface area (Å²) < 4.78 is 0. The van der Waals surface area contributed by atoms with Gasteiger partial charge in [-0.15, -0.1) is 0 Å². The van der Waals surface area contributed by atoms with E-state index in [0.717, 1.165) is 0 Å². The molecule has 0 unspecified atom stereocenters. The van der Waals surface area contributed by atoms with Gasteiger partial charge in [-0.3, -0.25) is 0 Å². The lowest BCUT2D eigenvalue weighted by Crippen LogP contribution is -2.29. The smallest absolute Gasteiger partial charge is 0.000251 e. The molecule has 0 saturated heterocycles. The van der Waals surface area contributed by atoms with Crippen molar-refractivity contribution < 1.29 is 0 Å². The topological polar surface area (TPSA) is 12.0 Å². The van der Waals surface area contributed by atoms with E-state index in [1.54, 1.807) is 0 Å². The molecular weight excluding hydrogens is 242 g/mol. The summed E-state index contributed by atoms with van der Waals surface area (Å²) in [6.45, 7) is 11.7. The lowest BCUT2D eigenvalue weighted by atomic mass is 9.86. The molecule has 1 heteroatoms. The zero-order chi connectivity index (χ0) is 15.1. The van der Waals surface area contributed by atoms with E-state index in [1.165, 1.54) is 90.1 Å². The normalized spacial score (nSPS) is 12.0. The van der Waals surface area contributed by atoms with Crippen molar-refractivity contribution in [2.75, 3.05) is 13.1 Å². The molecule has 0 saturated carbocycles. The standard InChI is InChI=1S/C19H41N/c1-5-7-8-9-10-11-12-13-14-15-16-19(3,4)18-20-17-6-2/h20H,5-18H2,1-4H3. The van der Waals surface area contributed by atoms with Gasteiger partial charge in [-0.2, -0.15) is 0 Å². The summed E-state index contributed by atoms with van der Waals surface area (Å²) in [5.41, 5.74) is 0.481. The van der Waals surface area contributed by atoms with Gasteiger partial charge >= 0.3 is 0 Å². The van der Waals surface area contributed by atoms with Gasteiger partial charge in [0, 0.05) is 6.54 Å². The lowest BCUT2D eigenvalue weighted by Gasteiger charge is -2.25. The summed E-state index contributed by atoms with van der Waals surface area (Å²) >= 11 is 0. The van der Waals surface area contributed by atoms with Crippen LogP contribution in [0.2, 0.25) is 0 Å². The molecule has 0 aliphatic rings. The minimum absolute atomic E-state index is 0.481. The van der Waals surface area contributed by atoms with Gasteiger partial charge in [0.25, 0.3) is 0 Å². The summed E-state index contributed by atoms with van der Waals surface area (Å²) in [5, 5.41) is 3.56. The first-order chi connectivity index (χ1) is 9.62. The Hall–Kier alpha value is -0.0400. The molecule has 0 aromatic rings. The molecule has 0 radical (unpaired) electrons. The van der Waals surface area contributed by atoms with E-state index in [2.05, 4.69) is 33.0 Å². The van der Waals surface area contributed by atoms with Crippen LogP contribution < -0.4 is 5.32 Å². The largest absolute Gasteiger partial charge is 0.316 e. The molecule has 0 aromatic heterocycles. The fourth-order valence-electron chi connectivity index (χ4n) is 2.78. The maximum absolute atomic E-state index is 3.56. The van der Waals surface area contributed by atoms with Crippen LogP contribution in [-0.2, 0) is 0 Å². The lowest BCUT2D eigenvalue weighted by molar-refractivity contribution is 0.301. The quantitative estimate of drug-likeness (QED) is 0.347. The second-order valence-electron chi connectivity index (χ2n) is 7.27. The van der Waals surface area contributed by atoms with Gasteiger partial charge in [0.15, 0.2) is 0 Å². The molecule has 20 heavy (non-hydrogen) atoms. The molecule has 0 aliphatic heterocycles. The zero-order valence-electron chi connectivity index (χ0n) is 14.9. The Morgan fingerprint density at radius 2 is 1.15 bits per heavy atom. The third-order valence-corrected chi connectivity index (χ3v) is 4.24. The molecule has 0 fully saturated rings. The van der Waals surface area contributed by atoms with Crippen molar-refractivity contribution >= 4 is 0 Å². The predicted octanol–water partition coefficient (Wildman–Crippen LogP) is 6.32. The number of hydrogen-bond donors (Lipinski definition) is 1. The van der Waals surface area contributed by atoms with Crippen molar-refractivity contribution in [3.8, 4) is 0 Å². The van der Waals surface area contributed by atoms with Gasteiger partial charge in [0.2, 0.25) is 0 Å². The van der Waals surface area contributed by atoms with Gasteiger partial charge in [0.1, 0.15) is 0 Å². The Bertz CT molecular complexity index is 186. The van der Waals surface area contributed by atoms with E-state index in [-0.39, 0.29) is 0 Å². The maximum Gasteiger partial charge on any atom is 0.000251 e.